The second-order valence-electron chi connectivity index (χ2n) is 15.0. The lowest BCUT2D eigenvalue weighted by Gasteiger charge is -2.47. The fraction of sp³-hybridized carbons (Fsp3) is 0.629. The first-order valence-electron chi connectivity index (χ1n) is 16.5. The fourth-order valence-corrected chi connectivity index (χ4v) is 7.25. The molecule has 0 radical (unpaired) electrons. The lowest BCUT2D eigenvalue weighted by molar-refractivity contribution is -0.121. The van der Waals surface area contributed by atoms with Crippen molar-refractivity contribution >= 4 is 17.7 Å². The molecule has 46 heavy (non-hydrogen) atoms. The SMILES string of the molecule is CC1CN(CC(=O)N2CC(C)(C)c3c2cc(Cc2ccc(F)cc2)c(=O)n3C)[C@@H](CN2CCNC[C@H]2C)CN1C(=O)OC(C)(C)C. The Morgan fingerprint density at radius 2 is 1.76 bits per heavy atom. The summed E-state index contributed by atoms with van der Waals surface area (Å²) < 4.78 is 21.0. The maximum atomic E-state index is 14.3. The molecular formula is C35H51FN6O4. The predicted octanol–water partition coefficient (Wildman–Crippen LogP) is 3.34. The van der Waals surface area contributed by atoms with Gasteiger partial charge in [-0.25, -0.2) is 9.18 Å². The van der Waals surface area contributed by atoms with Gasteiger partial charge in [-0.1, -0.05) is 26.0 Å². The highest BCUT2D eigenvalue weighted by molar-refractivity contribution is 5.97. The smallest absolute Gasteiger partial charge is 0.410 e. The van der Waals surface area contributed by atoms with Crippen LogP contribution in [0.4, 0.5) is 14.9 Å². The number of carbonyl (C=O) groups is 2. The molecular weight excluding hydrogens is 587 g/mol. The van der Waals surface area contributed by atoms with Gasteiger partial charge in [-0.05, 0) is 58.4 Å². The first-order chi connectivity index (χ1) is 21.5. The number of carbonyl (C=O) groups excluding carboxylic acids is 2. The zero-order chi connectivity index (χ0) is 33.6. The maximum Gasteiger partial charge on any atom is 0.410 e. The summed E-state index contributed by atoms with van der Waals surface area (Å²) >= 11 is 0. The Kier molecular flexibility index (Phi) is 9.69. The van der Waals surface area contributed by atoms with E-state index < -0.39 is 11.0 Å². The molecule has 10 nitrogen and oxygen atoms in total. The van der Waals surface area contributed by atoms with Crippen molar-refractivity contribution < 1.29 is 18.7 Å². The van der Waals surface area contributed by atoms with E-state index in [0.717, 1.165) is 43.1 Å². The molecule has 0 bridgehead atoms. The lowest BCUT2D eigenvalue weighted by atomic mass is 9.90. The number of anilines is 1. The number of nitrogens with one attached hydrogen (secondary N) is 1. The summed E-state index contributed by atoms with van der Waals surface area (Å²) in [5.74, 6) is -0.357. The minimum absolute atomic E-state index is 0.0329. The third-order valence-corrected chi connectivity index (χ3v) is 9.57. The molecule has 11 heteroatoms. The highest BCUT2D eigenvalue weighted by Crippen LogP contribution is 2.40. The number of amides is 2. The third-order valence-electron chi connectivity index (χ3n) is 9.57. The number of ether oxygens (including phenoxy) is 1. The van der Waals surface area contributed by atoms with Crippen molar-refractivity contribution in [2.75, 3.05) is 57.3 Å². The Morgan fingerprint density at radius 3 is 2.41 bits per heavy atom. The Balaban J connectivity index is 1.41. The van der Waals surface area contributed by atoms with Crippen LogP contribution in [0.15, 0.2) is 35.1 Å². The van der Waals surface area contributed by atoms with Gasteiger partial charge in [-0.3, -0.25) is 19.4 Å². The monoisotopic (exact) mass is 638 g/mol. The fourth-order valence-electron chi connectivity index (χ4n) is 7.25. The van der Waals surface area contributed by atoms with Crippen molar-refractivity contribution in [2.24, 2.45) is 7.05 Å². The van der Waals surface area contributed by atoms with Gasteiger partial charge >= 0.3 is 6.09 Å². The zero-order valence-electron chi connectivity index (χ0n) is 28.7. The standard InChI is InChI=1S/C35H51FN6O4/c1-23-17-37-13-14-39(23)19-28-20-41(33(45)46-34(3,4)5)24(2)18-40(28)21-30(43)42-22-35(6,7)31-29(42)16-26(32(44)38(31)8)15-25-9-11-27(36)12-10-25/h9-12,16,23-24,28,37H,13-15,17-22H2,1-8H3/t23-,24?,28+/m1/s1. The first-order valence-corrected chi connectivity index (χ1v) is 16.5. The Morgan fingerprint density at radius 1 is 1.07 bits per heavy atom. The highest BCUT2D eigenvalue weighted by Gasteiger charge is 2.43. The second-order valence-corrected chi connectivity index (χ2v) is 15.0. The summed E-state index contributed by atoms with van der Waals surface area (Å²) in [4.78, 5) is 49.3. The summed E-state index contributed by atoms with van der Waals surface area (Å²) in [5, 5.41) is 3.45. The third kappa shape index (κ3) is 7.31. The Hall–Kier alpha value is -3.28. The average molecular weight is 639 g/mol. The number of hydrogen-bond acceptors (Lipinski definition) is 7. The van der Waals surface area contributed by atoms with E-state index in [-0.39, 0.29) is 42.0 Å². The van der Waals surface area contributed by atoms with Crippen LogP contribution >= 0.6 is 0 Å². The second kappa shape index (κ2) is 13.1. The van der Waals surface area contributed by atoms with Crippen molar-refractivity contribution in [3.8, 4) is 0 Å². The minimum atomic E-state index is -0.599. The number of nitrogens with zero attached hydrogens (tertiary/aromatic N) is 5. The molecule has 0 aliphatic carbocycles. The topological polar surface area (TPSA) is 90.4 Å². The number of fused-ring (bicyclic) bond motifs is 1. The molecule has 0 spiro atoms. The Bertz CT molecular complexity index is 1500. The van der Waals surface area contributed by atoms with E-state index in [4.69, 9.17) is 4.74 Å². The van der Waals surface area contributed by atoms with Crippen LogP contribution in [0.1, 0.15) is 65.3 Å². The van der Waals surface area contributed by atoms with Crippen molar-refractivity contribution in [3.63, 3.8) is 0 Å². The van der Waals surface area contributed by atoms with Gasteiger partial charge in [0.05, 0.1) is 17.9 Å². The molecule has 4 heterocycles. The maximum absolute atomic E-state index is 14.3. The summed E-state index contributed by atoms with van der Waals surface area (Å²) in [7, 11) is 1.77. The minimum Gasteiger partial charge on any atom is -0.444 e. The number of benzene rings is 1. The first kappa shape index (κ1) is 34.1. The van der Waals surface area contributed by atoms with Crippen LogP contribution in [0.25, 0.3) is 0 Å². The highest BCUT2D eigenvalue weighted by atomic mass is 19.1. The zero-order valence-corrected chi connectivity index (χ0v) is 28.7. The molecule has 3 aliphatic rings. The predicted molar refractivity (Wildman–Crippen MR) is 178 cm³/mol. The van der Waals surface area contributed by atoms with Crippen LogP contribution in [0.3, 0.4) is 0 Å². The van der Waals surface area contributed by atoms with Gasteiger partial charge in [0.1, 0.15) is 11.4 Å². The van der Waals surface area contributed by atoms with E-state index in [1.54, 1.807) is 23.7 Å². The number of aromatic nitrogens is 1. The number of hydrogen-bond donors (Lipinski definition) is 1. The van der Waals surface area contributed by atoms with Gasteiger partial charge < -0.3 is 24.4 Å². The molecule has 252 valence electrons. The molecule has 5 rings (SSSR count). The van der Waals surface area contributed by atoms with Crippen LogP contribution in [-0.4, -0.2) is 107 Å². The van der Waals surface area contributed by atoms with E-state index in [0.29, 0.717) is 37.7 Å². The molecule has 1 aromatic heterocycles. The quantitative estimate of drug-likeness (QED) is 0.519. The molecule has 2 aromatic rings. The van der Waals surface area contributed by atoms with Crippen LogP contribution in [-0.2, 0) is 28.4 Å². The average Bonchev–Trinajstić information content (AvgIpc) is 3.24. The van der Waals surface area contributed by atoms with Gasteiger partial charge in [0.25, 0.3) is 5.56 Å². The van der Waals surface area contributed by atoms with Crippen molar-refractivity contribution in [1.29, 1.82) is 0 Å². The van der Waals surface area contributed by atoms with E-state index in [1.807, 2.05) is 43.6 Å². The van der Waals surface area contributed by atoms with Crippen molar-refractivity contribution in [2.45, 2.75) is 84.0 Å². The van der Waals surface area contributed by atoms with Crippen LogP contribution in [0.5, 0.6) is 0 Å². The number of pyridine rings is 1. The van der Waals surface area contributed by atoms with Gasteiger partial charge in [-0.2, -0.15) is 0 Å². The van der Waals surface area contributed by atoms with E-state index >= 15 is 0 Å². The molecule has 2 amide bonds. The molecule has 1 N–H and O–H groups in total. The molecule has 2 fully saturated rings. The summed E-state index contributed by atoms with van der Waals surface area (Å²) in [6.45, 7) is 19.1. The number of rotatable bonds is 6. The van der Waals surface area contributed by atoms with Crippen LogP contribution < -0.4 is 15.8 Å². The molecule has 1 aromatic carbocycles. The van der Waals surface area contributed by atoms with Crippen molar-refractivity contribution in [3.05, 3.63) is 63.3 Å². The van der Waals surface area contributed by atoms with Gasteiger partial charge in [0.2, 0.25) is 5.91 Å². The van der Waals surface area contributed by atoms with Gasteiger partial charge in [-0.15, -0.1) is 0 Å². The summed E-state index contributed by atoms with van der Waals surface area (Å²) in [6, 6.07) is 8.17. The largest absolute Gasteiger partial charge is 0.444 e. The molecule has 0 saturated carbocycles. The number of halogens is 1. The van der Waals surface area contributed by atoms with E-state index in [9.17, 15) is 18.8 Å². The Labute approximate surface area is 272 Å². The molecule has 3 atom stereocenters. The van der Waals surface area contributed by atoms with E-state index in [1.165, 1.54) is 12.1 Å². The van der Waals surface area contributed by atoms with Crippen LogP contribution in [0, 0.1) is 5.82 Å². The van der Waals surface area contributed by atoms with Gasteiger partial charge in [0.15, 0.2) is 0 Å². The van der Waals surface area contributed by atoms with Crippen LogP contribution in [0.2, 0.25) is 0 Å². The summed E-state index contributed by atoms with van der Waals surface area (Å²) in [6.07, 6.45) is 0.0202. The van der Waals surface area contributed by atoms with Crippen molar-refractivity contribution in [1.82, 2.24) is 24.6 Å². The molecule has 1 unspecified atom stereocenters. The molecule has 2 saturated heterocycles. The molecule has 3 aliphatic heterocycles. The lowest BCUT2D eigenvalue weighted by Crippen LogP contribution is -2.65. The number of piperazine rings is 2. The summed E-state index contributed by atoms with van der Waals surface area (Å²) in [5.41, 5.74) is 1.85. The normalized spacial score (nSPS) is 23.8. The van der Waals surface area contributed by atoms with Gasteiger partial charge in [0, 0.05) is 88.4 Å². The van der Waals surface area contributed by atoms with E-state index in [2.05, 4.69) is 35.9 Å².